The van der Waals surface area contributed by atoms with Crippen molar-refractivity contribution in [2.24, 2.45) is 0 Å². The van der Waals surface area contributed by atoms with Gasteiger partial charge in [0.15, 0.2) is 0 Å². The second-order valence-electron chi connectivity index (χ2n) is 4.36. The Bertz CT molecular complexity index is 443. The number of aliphatic carboxylic acids is 1. The number of benzene rings is 1. The molecule has 0 unspecified atom stereocenters. The molecule has 98 valence electrons. The van der Waals surface area contributed by atoms with Crippen molar-refractivity contribution < 1.29 is 19.4 Å². The molecule has 1 N–H and O–H groups in total. The lowest BCUT2D eigenvalue weighted by atomic mass is 10.1. The van der Waals surface area contributed by atoms with Gasteiger partial charge in [-0.1, -0.05) is 15.9 Å². The molecule has 0 aliphatic heterocycles. The number of carboxylic acids is 1. The summed E-state index contributed by atoms with van der Waals surface area (Å²) >= 11 is 3.42. The molecular formula is C13H15BrO4. The first-order valence-corrected chi connectivity index (χ1v) is 6.59. The third kappa shape index (κ3) is 3.23. The number of halogens is 1. The molecule has 1 aromatic carbocycles. The summed E-state index contributed by atoms with van der Waals surface area (Å²) in [6, 6.07) is 5.66. The maximum absolute atomic E-state index is 11.0. The fourth-order valence-corrected chi connectivity index (χ4v) is 2.18. The molecule has 1 aliphatic rings. The normalized spacial score (nSPS) is 16.3. The monoisotopic (exact) mass is 314 g/mol. The van der Waals surface area contributed by atoms with Crippen molar-refractivity contribution in [3.8, 4) is 5.75 Å². The first-order chi connectivity index (χ1) is 8.61. The highest BCUT2D eigenvalue weighted by Crippen LogP contribution is 2.45. The maximum Gasteiger partial charge on any atom is 0.347 e. The highest BCUT2D eigenvalue weighted by molar-refractivity contribution is 9.10. The molecule has 0 heterocycles. The molecule has 1 aromatic rings. The van der Waals surface area contributed by atoms with E-state index in [0.717, 1.165) is 22.9 Å². The summed E-state index contributed by atoms with van der Waals surface area (Å²) in [5.74, 6) is 0.126. The minimum absolute atomic E-state index is 0.0372. The summed E-state index contributed by atoms with van der Waals surface area (Å²) in [4.78, 5) is 11.0. The third-order valence-corrected chi connectivity index (χ3v) is 3.34. The van der Waals surface area contributed by atoms with E-state index in [9.17, 15) is 4.79 Å². The van der Waals surface area contributed by atoms with E-state index in [2.05, 4.69) is 15.9 Å². The molecule has 2 rings (SSSR count). The van der Waals surface area contributed by atoms with Gasteiger partial charge in [-0.05, 0) is 42.5 Å². The second kappa shape index (κ2) is 5.71. The topological polar surface area (TPSA) is 55.8 Å². The average molecular weight is 315 g/mol. The van der Waals surface area contributed by atoms with Crippen LogP contribution in [0, 0.1) is 0 Å². The van der Waals surface area contributed by atoms with Crippen LogP contribution in [0.15, 0.2) is 22.7 Å². The van der Waals surface area contributed by atoms with Gasteiger partial charge in [0.25, 0.3) is 0 Å². The van der Waals surface area contributed by atoms with Crippen LogP contribution >= 0.6 is 15.9 Å². The van der Waals surface area contributed by atoms with Gasteiger partial charge >= 0.3 is 5.97 Å². The van der Waals surface area contributed by atoms with Crippen molar-refractivity contribution in [1.29, 1.82) is 0 Å². The van der Waals surface area contributed by atoms with Crippen molar-refractivity contribution in [1.82, 2.24) is 0 Å². The zero-order chi connectivity index (χ0) is 13.1. The van der Waals surface area contributed by atoms with Gasteiger partial charge in [0.1, 0.15) is 5.75 Å². The van der Waals surface area contributed by atoms with Gasteiger partial charge in [0, 0.05) is 11.6 Å². The average Bonchev–Trinajstić information content (AvgIpc) is 3.14. The van der Waals surface area contributed by atoms with Gasteiger partial charge in [-0.25, -0.2) is 4.79 Å². The van der Waals surface area contributed by atoms with E-state index in [1.165, 1.54) is 7.11 Å². The van der Waals surface area contributed by atoms with E-state index in [0.29, 0.717) is 11.7 Å². The Morgan fingerprint density at radius 3 is 2.83 bits per heavy atom. The molecule has 1 atom stereocenters. The maximum atomic E-state index is 11.0. The van der Waals surface area contributed by atoms with Crippen LogP contribution in [0.4, 0.5) is 0 Å². The molecule has 1 aliphatic carbocycles. The van der Waals surface area contributed by atoms with E-state index in [1.807, 2.05) is 18.2 Å². The Morgan fingerprint density at radius 1 is 1.56 bits per heavy atom. The van der Waals surface area contributed by atoms with Gasteiger partial charge in [-0.15, -0.1) is 0 Å². The standard InChI is InChI=1S/C13H15BrO4/c1-17-7-12(13(15)16)18-11-5-4-9(14)6-10(11)8-2-3-8/h4-6,8,12H,2-3,7H2,1H3,(H,15,16)/t12-/m0/s1. The molecule has 4 nitrogen and oxygen atoms in total. The predicted molar refractivity (Wildman–Crippen MR) is 70.0 cm³/mol. The van der Waals surface area contributed by atoms with Crippen molar-refractivity contribution in [2.75, 3.05) is 13.7 Å². The van der Waals surface area contributed by atoms with E-state index >= 15 is 0 Å². The second-order valence-corrected chi connectivity index (χ2v) is 5.27. The highest BCUT2D eigenvalue weighted by atomic mass is 79.9. The Balaban J connectivity index is 2.19. The lowest BCUT2D eigenvalue weighted by Gasteiger charge is -2.17. The van der Waals surface area contributed by atoms with Gasteiger partial charge in [-0.2, -0.15) is 0 Å². The molecule has 5 heteroatoms. The van der Waals surface area contributed by atoms with Gasteiger partial charge in [-0.3, -0.25) is 0 Å². The number of hydrogen-bond acceptors (Lipinski definition) is 3. The molecule has 1 fully saturated rings. The summed E-state index contributed by atoms with van der Waals surface area (Å²) in [6.45, 7) is 0.0372. The van der Waals surface area contributed by atoms with Crippen LogP contribution in [-0.4, -0.2) is 30.9 Å². The van der Waals surface area contributed by atoms with E-state index in [-0.39, 0.29) is 6.61 Å². The molecule has 1 saturated carbocycles. The smallest absolute Gasteiger partial charge is 0.347 e. The Morgan fingerprint density at radius 2 is 2.28 bits per heavy atom. The molecule has 0 bridgehead atoms. The molecule has 0 aromatic heterocycles. The van der Waals surface area contributed by atoms with Crippen LogP contribution < -0.4 is 4.74 Å². The van der Waals surface area contributed by atoms with Crippen molar-refractivity contribution >= 4 is 21.9 Å². The molecule has 0 amide bonds. The number of carbonyl (C=O) groups is 1. The number of methoxy groups -OCH3 is 1. The summed E-state index contributed by atoms with van der Waals surface area (Å²) in [7, 11) is 1.46. The first kappa shape index (κ1) is 13.4. The quantitative estimate of drug-likeness (QED) is 0.877. The molecule has 0 radical (unpaired) electrons. The minimum atomic E-state index is -1.01. The third-order valence-electron chi connectivity index (χ3n) is 2.85. The lowest BCUT2D eigenvalue weighted by molar-refractivity contribution is -0.147. The summed E-state index contributed by atoms with van der Waals surface area (Å²) in [6.07, 6.45) is 1.30. The van der Waals surface area contributed by atoms with Gasteiger partial charge < -0.3 is 14.6 Å². The molecule has 18 heavy (non-hydrogen) atoms. The van der Waals surface area contributed by atoms with Crippen molar-refractivity contribution in [2.45, 2.75) is 24.9 Å². The minimum Gasteiger partial charge on any atom is -0.478 e. The van der Waals surface area contributed by atoms with Crippen LogP contribution in [0.3, 0.4) is 0 Å². The fourth-order valence-electron chi connectivity index (χ4n) is 1.80. The Kier molecular flexibility index (Phi) is 4.24. The summed E-state index contributed by atoms with van der Waals surface area (Å²) in [5, 5.41) is 9.05. The first-order valence-electron chi connectivity index (χ1n) is 5.79. The van der Waals surface area contributed by atoms with Crippen LogP contribution in [0.1, 0.15) is 24.3 Å². The van der Waals surface area contributed by atoms with Crippen LogP contribution in [0.5, 0.6) is 5.75 Å². The number of carboxylic acid groups (broad SMARTS) is 1. The van der Waals surface area contributed by atoms with Crippen molar-refractivity contribution in [3.63, 3.8) is 0 Å². The highest BCUT2D eigenvalue weighted by Gasteiger charge is 2.29. The number of ether oxygens (including phenoxy) is 2. The largest absolute Gasteiger partial charge is 0.478 e. The summed E-state index contributed by atoms with van der Waals surface area (Å²) < 4.78 is 11.4. The molecule has 0 saturated heterocycles. The van der Waals surface area contributed by atoms with Gasteiger partial charge in [0.2, 0.25) is 6.10 Å². The Labute approximate surface area is 114 Å². The van der Waals surface area contributed by atoms with Gasteiger partial charge in [0.05, 0.1) is 6.61 Å². The van der Waals surface area contributed by atoms with Crippen LogP contribution in [0.25, 0.3) is 0 Å². The Hall–Kier alpha value is -1.07. The van der Waals surface area contributed by atoms with Crippen molar-refractivity contribution in [3.05, 3.63) is 28.2 Å². The zero-order valence-corrected chi connectivity index (χ0v) is 11.6. The van der Waals surface area contributed by atoms with E-state index in [4.69, 9.17) is 14.6 Å². The molecular weight excluding hydrogens is 300 g/mol. The van der Waals surface area contributed by atoms with E-state index in [1.54, 1.807) is 0 Å². The summed E-state index contributed by atoms with van der Waals surface area (Å²) in [5.41, 5.74) is 1.08. The zero-order valence-electron chi connectivity index (χ0n) is 10.1. The van der Waals surface area contributed by atoms with Crippen LogP contribution in [-0.2, 0) is 9.53 Å². The van der Waals surface area contributed by atoms with Crippen LogP contribution in [0.2, 0.25) is 0 Å². The SMILES string of the molecule is COC[C@H](Oc1ccc(Br)cc1C1CC1)C(=O)O. The fraction of sp³-hybridized carbons (Fsp3) is 0.462. The predicted octanol–water partition coefficient (Wildman–Crippen LogP) is 2.80. The number of rotatable bonds is 6. The lowest BCUT2D eigenvalue weighted by Crippen LogP contribution is -2.31. The van der Waals surface area contributed by atoms with E-state index < -0.39 is 12.1 Å². The molecule has 0 spiro atoms. The number of hydrogen-bond donors (Lipinski definition) is 1.